The second kappa shape index (κ2) is 5.04. The maximum Gasteiger partial charge on any atom is 0.262 e. The lowest BCUT2D eigenvalue weighted by atomic mass is 10.3. The van der Waals surface area contributed by atoms with Crippen molar-refractivity contribution in [3.8, 4) is 5.75 Å². The number of hydrogen-bond acceptors (Lipinski definition) is 3. The minimum atomic E-state index is -4.27. The van der Waals surface area contributed by atoms with E-state index in [9.17, 15) is 21.6 Å². The molecule has 0 atom stereocenters. The van der Waals surface area contributed by atoms with E-state index in [0.29, 0.717) is 18.2 Å². The Morgan fingerprint density at radius 3 is 2.20 bits per heavy atom. The molecule has 0 aromatic heterocycles. The van der Waals surface area contributed by atoms with Crippen molar-refractivity contribution in [3.05, 3.63) is 53.8 Å². The summed E-state index contributed by atoms with van der Waals surface area (Å²) in [6.45, 7) is 0. The van der Waals surface area contributed by atoms with Crippen molar-refractivity contribution in [3.63, 3.8) is 0 Å². The molecule has 4 nitrogen and oxygen atoms in total. The Hall–Kier alpha value is -2.22. The molecule has 106 valence electrons. The van der Waals surface area contributed by atoms with E-state index >= 15 is 0 Å². The molecule has 0 aliphatic heterocycles. The molecule has 2 rings (SSSR count). The molecule has 2 N–H and O–H groups in total. The highest BCUT2D eigenvalue weighted by atomic mass is 32.2. The van der Waals surface area contributed by atoms with Crippen molar-refractivity contribution in [2.75, 3.05) is 4.72 Å². The molecule has 0 saturated carbocycles. The summed E-state index contributed by atoms with van der Waals surface area (Å²) in [5, 5.41) is 9.01. The average Bonchev–Trinajstić information content (AvgIpc) is 2.36. The number of halogens is 3. The fourth-order valence-electron chi connectivity index (χ4n) is 1.43. The Labute approximate surface area is 112 Å². The normalized spacial score (nSPS) is 11.3. The van der Waals surface area contributed by atoms with Crippen LogP contribution in [0.5, 0.6) is 5.75 Å². The predicted molar refractivity (Wildman–Crippen MR) is 65.2 cm³/mol. The van der Waals surface area contributed by atoms with E-state index in [4.69, 9.17) is 5.11 Å². The van der Waals surface area contributed by atoms with Gasteiger partial charge in [-0.25, -0.2) is 21.6 Å². The van der Waals surface area contributed by atoms with Gasteiger partial charge < -0.3 is 5.11 Å². The largest absolute Gasteiger partial charge is 0.508 e. The number of nitrogens with one attached hydrogen (secondary N) is 1. The molecule has 0 bridgehead atoms. The predicted octanol–water partition coefficient (Wildman–Crippen LogP) is 2.61. The number of rotatable bonds is 3. The molecule has 2 aromatic rings. The van der Waals surface area contributed by atoms with Crippen LogP contribution in [0, 0.1) is 17.5 Å². The number of hydrogen-bond donors (Lipinski definition) is 2. The van der Waals surface area contributed by atoms with Gasteiger partial charge in [0.25, 0.3) is 10.0 Å². The lowest BCUT2D eigenvalue weighted by Gasteiger charge is -2.09. The Bertz CT molecular complexity index is 763. The second-order valence-electron chi connectivity index (χ2n) is 3.85. The van der Waals surface area contributed by atoms with Crippen molar-refractivity contribution in [2.45, 2.75) is 4.90 Å². The van der Waals surface area contributed by atoms with Crippen LogP contribution < -0.4 is 4.72 Å². The van der Waals surface area contributed by atoms with Gasteiger partial charge in [0.05, 0.1) is 10.6 Å². The number of phenols is 1. The molecule has 0 radical (unpaired) electrons. The minimum Gasteiger partial charge on any atom is -0.508 e. The van der Waals surface area contributed by atoms with E-state index < -0.39 is 38.1 Å². The fourth-order valence-corrected chi connectivity index (χ4v) is 2.51. The van der Waals surface area contributed by atoms with E-state index in [2.05, 4.69) is 0 Å². The summed E-state index contributed by atoms with van der Waals surface area (Å²) in [5.74, 6) is -3.91. The standard InChI is InChI=1S/C12H8F3NO3S/c13-9-3-2-8(6-10(9)14)20(18,19)16-12-4-1-7(17)5-11(12)15/h1-6,16-17H. The Kier molecular flexibility index (Phi) is 3.58. The highest BCUT2D eigenvalue weighted by Gasteiger charge is 2.18. The first-order valence-electron chi connectivity index (χ1n) is 5.26. The first-order chi connectivity index (χ1) is 9.29. The highest BCUT2D eigenvalue weighted by Crippen LogP contribution is 2.23. The molecule has 0 saturated heterocycles. The second-order valence-corrected chi connectivity index (χ2v) is 5.53. The van der Waals surface area contributed by atoms with Crippen molar-refractivity contribution >= 4 is 15.7 Å². The van der Waals surface area contributed by atoms with Crippen LogP contribution in [0.25, 0.3) is 0 Å². The molecule has 0 unspecified atom stereocenters. The summed E-state index contributed by atoms with van der Waals surface area (Å²) >= 11 is 0. The number of sulfonamides is 1. The first-order valence-corrected chi connectivity index (χ1v) is 6.74. The third-order valence-electron chi connectivity index (χ3n) is 2.40. The maximum atomic E-state index is 13.4. The molecule has 0 amide bonds. The summed E-state index contributed by atoms with van der Waals surface area (Å²) in [6, 6.07) is 4.77. The third-order valence-corrected chi connectivity index (χ3v) is 3.76. The van der Waals surface area contributed by atoms with Crippen LogP contribution in [0.2, 0.25) is 0 Å². The number of aromatic hydroxyl groups is 1. The van der Waals surface area contributed by atoms with Crippen LogP contribution in [-0.4, -0.2) is 13.5 Å². The Balaban J connectivity index is 2.38. The van der Waals surface area contributed by atoms with Crippen LogP contribution in [0.1, 0.15) is 0 Å². The Morgan fingerprint density at radius 2 is 1.60 bits per heavy atom. The van der Waals surface area contributed by atoms with Gasteiger partial charge in [0.15, 0.2) is 17.5 Å². The van der Waals surface area contributed by atoms with Crippen molar-refractivity contribution in [1.82, 2.24) is 0 Å². The van der Waals surface area contributed by atoms with Gasteiger partial charge in [0.1, 0.15) is 5.75 Å². The zero-order valence-electron chi connectivity index (χ0n) is 9.77. The van der Waals surface area contributed by atoms with Crippen molar-refractivity contribution < 1.29 is 26.7 Å². The zero-order chi connectivity index (χ0) is 14.9. The van der Waals surface area contributed by atoms with Gasteiger partial charge in [0.2, 0.25) is 0 Å². The topological polar surface area (TPSA) is 66.4 Å². The molecule has 0 aliphatic carbocycles. The van der Waals surface area contributed by atoms with E-state index in [1.54, 1.807) is 0 Å². The summed E-state index contributed by atoms with van der Waals surface area (Å²) < 4.78 is 64.8. The monoisotopic (exact) mass is 303 g/mol. The molecule has 0 heterocycles. The van der Waals surface area contributed by atoms with Crippen LogP contribution in [0.15, 0.2) is 41.3 Å². The third kappa shape index (κ3) is 2.85. The smallest absolute Gasteiger partial charge is 0.262 e. The van der Waals surface area contributed by atoms with Crippen LogP contribution in [-0.2, 0) is 10.0 Å². The van der Waals surface area contributed by atoms with Gasteiger partial charge in [-0.2, -0.15) is 0 Å². The van der Waals surface area contributed by atoms with Gasteiger partial charge in [0, 0.05) is 6.07 Å². The number of phenolic OH excluding ortho intramolecular Hbond substituents is 1. The van der Waals surface area contributed by atoms with Gasteiger partial charge in [-0.3, -0.25) is 4.72 Å². The van der Waals surface area contributed by atoms with E-state index in [-0.39, 0.29) is 5.75 Å². The lowest BCUT2D eigenvalue weighted by molar-refractivity contribution is 0.469. The molecule has 20 heavy (non-hydrogen) atoms. The number of benzene rings is 2. The van der Waals surface area contributed by atoms with E-state index in [1.165, 1.54) is 0 Å². The summed E-state index contributed by atoms with van der Waals surface area (Å²) in [4.78, 5) is -0.552. The van der Waals surface area contributed by atoms with Gasteiger partial charge >= 0.3 is 0 Å². The number of anilines is 1. The molecular weight excluding hydrogens is 295 g/mol. The van der Waals surface area contributed by atoms with Gasteiger partial charge in [-0.15, -0.1) is 0 Å². The fraction of sp³-hybridized carbons (Fsp3) is 0. The quantitative estimate of drug-likeness (QED) is 0.857. The lowest BCUT2D eigenvalue weighted by Crippen LogP contribution is -2.14. The molecule has 0 spiro atoms. The van der Waals surface area contributed by atoms with E-state index in [0.717, 1.165) is 18.2 Å². The maximum absolute atomic E-state index is 13.4. The molecule has 0 fully saturated rings. The molecule has 2 aromatic carbocycles. The SMILES string of the molecule is O=S(=O)(Nc1ccc(O)cc1F)c1ccc(F)c(F)c1. The minimum absolute atomic E-state index is 0.377. The molecular formula is C12H8F3NO3S. The highest BCUT2D eigenvalue weighted by molar-refractivity contribution is 7.92. The van der Waals surface area contributed by atoms with Crippen LogP contribution in [0.3, 0.4) is 0 Å². The molecule has 0 aliphatic rings. The van der Waals surface area contributed by atoms with E-state index in [1.807, 2.05) is 4.72 Å². The van der Waals surface area contributed by atoms with Gasteiger partial charge in [-0.1, -0.05) is 0 Å². The Morgan fingerprint density at radius 1 is 0.900 bits per heavy atom. The van der Waals surface area contributed by atoms with Crippen LogP contribution >= 0.6 is 0 Å². The zero-order valence-corrected chi connectivity index (χ0v) is 10.6. The summed E-state index contributed by atoms with van der Waals surface area (Å²) in [7, 11) is -4.27. The first kappa shape index (κ1) is 14.2. The van der Waals surface area contributed by atoms with Crippen molar-refractivity contribution in [1.29, 1.82) is 0 Å². The summed E-state index contributed by atoms with van der Waals surface area (Å²) in [5.41, 5.74) is -0.424. The molecule has 8 heteroatoms. The average molecular weight is 303 g/mol. The summed E-state index contributed by atoms with van der Waals surface area (Å²) in [6.07, 6.45) is 0. The van der Waals surface area contributed by atoms with Gasteiger partial charge in [-0.05, 0) is 30.3 Å². The van der Waals surface area contributed by atoms with Crippen LogP contribution in [0.4, 0.5) is 18.9 Å². The van der Waals surface area contributed by atoms with Crippen molar-refractivity contribution in [2.24, 2.45) is 0 Å².